The van der Waals surface area contributed by atoms with Gasteiger partial charge in [-0.25, -0.2) is 18.4 Å². The van der Waals surface area contributed by atoms with Crippen LogP contribution in [0.3, 0.4) is 0 Å². The first-order valence-corrected chi connectivity index (χ1v) is 11.1. The summed E-state index contributed by atoms with van der Waals surface area (Å²) < 4.78 is 29.8. The summed E-state index contributed by atoms with van der Waals surface area (Å²) in [5.41, 5.74) is 7.23. The molecule has 9 nitrogen and oxygen atoms in total. The van der Waals surface area contributed by atoms with Crippen molar-refractivity contribution < 1.29 is 13.2 Å². The Morgan fingerprint density at radius 1 is 1.27 bits per heavy atom. The van der Waals surface area contributed by atoms with Crippen molar-refractivity contribution in [1.82, 2.24) is 15.0 Å². The van der Waals surface area contributed by atoms with E-state index in [0.29, 0.717) is 28.2 Å². The number of nitriles is 1. The van der Waals surface area contributed by atoms with Gasteiger partial charge in [-0.15, -0.1) is 0 Å². The van der Waals surface area contributed by atoms with Gasteiger partial charge in [0.2, 0.25) is 5.95 Å². The maximum atomic E-state index is 12.0. The fraction of sp³-hybridized carbons (Fsp3) is 0.300. The molecule has 0 unspecified atom stereocenters. The molecule has 3 aromatic rings. The highest BCUT2D eigenvalue weighted by Crippen LogP contribution is 2.30. The summed E-state index contributed by atoms with van der Waals surface area (Å²) in [6, 6.07) is 8.87. The van der Waals surface area contributed by atoms with Gasteiger partial charge >= 0.3 is 0 Å². The quantitative estimate of drug-likeness (QED) is 0.554. The molecule has 0 aliphatic carbocycles. The number of benzene rings is 1. The summed E-state index contributed by atoms with van der Waals surface area (Å²) in [4.78, 5) is 12.9. The molecule has 0 saturated carbocycles. The molecule has 156 valence electrons. The average molecular weight is 427 g/mol. The number of hydrogen-bond acceptors (Lipinski definition) is 9. The summed E-state index contributed by atoms with van der Waals surface area (Å²) in [6.07, 6.45) is 3.01. The van der Waals surface area contributed by atoms with Crippen LogP contribution < -0.4 is 15.8 Å². The van der Waals surface area contributed by atoms with E-state index in [1.807, 2.05) is 13.8 Å². The monoisotopic (exact) mass is 426 g/mol. The fourth-order valence-corrected chi connectivity index (χ4v) is 3.93. The molecule has 2 heterocycles. The number of nitrogens with one attached hydrogen (secondary N) is 1. The van der Waals surface area contributed by atoms with Crippen molar-refractivity contribution in [2.75, 3.05) is 17.6 Å². The Bertz CT molecular complexity index is 1200. The summed E-state index contributed by atoms with van der Waals surface area (Å²) in [6.45, 7) is 3.81. The van der Waals surface area contributed by atoms with E-state index in [0.717, 1.165) is 5.39 Å². The van der Waals surface area contributed by atoms with Crippen molar-refractivity contribution in [3.05, 3.63) is 47.9 Å². The number of rotatable bonds is 8. The Kier molecular flexibility index (Phi) is 6.44. The van der Waals surface area contributed by atoms with Gasteiger partial charge in [0.25, 0.3) is 0 Å². The highest BCUT2D eigenvalue weighted by Gasteiger charge is 2.15. The van der Waals surface area contributed by atoms with Crippen LogP contribution in [-0.2, 0) is 15.6 Å². The lowest BCUT2D eigenvalue weighted by atomic mass is 10.1. The normalized spacial score (nSPS) is 11.4. The van der Waals surface area contributed by atoms with E-state index in [9.17, 15) is 13.7 Å². The molecule has 0 aliphatic rings. The van der Waals surface area contributed by atoms with Gasteiger partial charge in [-0.3, -0.25) is 4.98 Å². The lowest BCUT2D eigenvalue weighted by Crippen LogP contribution is -2.17. The molecule has 10 heteroatoms. The van der Waals surface area contributed by atoms with Crippen LogP contribution in [0.25, 0.3) is 10.9 Å². The highest BCUT2D eigenvalue weighted by molar-refractivity contribution is 7.90. The molecule has 0 saturated heterocycles. The summed E-state index contributed by atoms with van der Waals surface area (Å²) in [5, 5.41) is 13.2. The number of anilines is 2. The molecule has 0 radical (unpaired) electrons. The number of nitrogens with two attached hydrogens (primary N) is 1. The molecule has 0 spiro atoms. The largest absolute Gasteiger partial charge is 0.487 e. The van der Waals surface area contributed by atoms with Gasteiger partial charge in [-0.1, -0.05) is 0 Å². The molecule has 1 aromatic carbocycles. The Balaban J connectivity index is 1.93. The number of aromatic nitrogens is 3. The third-order valence-electron chi connectivity index (χ3n) is 4.05. The van der Waals surface area contributed by atoms with E-state index < -0.39 is 9.84 Å². The van der Waals surface area contributed by atoms with Crippen LogP contribution >= 0.6 is 0 Å². The minimum atomic E-state index is -3.32. The van der Waals surface area contributed by atoms with Gasteiger partial charge in [0, 0.05) is 30.0 Å². The molecule has 0 bridgehead atoms. The van der Waals surface area contributed by atoms with Crippen LogP contribution in [0.1, 0.15) is 25.1 Å². The van der Waals surface area contributed by atoms with Crippen LogP contribution in [0.15, 0.2) is 36.7 Å². The molecule has 2 aromatic heterocycles. The minimum Gasteiger partial charge on any atom is -0.487 e. The lowest BCUT2D eigenvalue weighted by Gasteiger charge is -2.14. The second kappa shape index (κ2) is 9.02. The molecular formula is C20H22N6O3S. The third-order valence-corrected chi connectivity index (χ3v) is 5.64. The zero-order chi connectivity index (χ0) is 21.7. The Hall–Kier alpha value is -3.29. The smallest absolute Gasteiger partial charge is 0.227 e. The first-order chi connectivity index (χ1) is 14.3. The molecule has 0 fully saturated rings. The van der Waals surface area contributed by atoms with Gasteiger partial charge in [-0.05, 0) is 38.1 Å². The Morgan fingerprint density at radius 3 is 2.77 bits per heavy atom. The first kappa shape index (κ1) is 21.4. The van der Waals surface area contributed by atoms with Gasteiger partial charge in [-0.2, -0.15) is 5.26 Å². The van der Waals surface area contributed by atoms with Crippen molar-refractivity contribution in [3.63, 3.8) is 0 Å². The molecule has 30 heavy (non-hydrogen) atoms. The molecule has 0 amide bonds. The second-order valence-corrected chi connectivity index (χ2v) is 9.08. The van der Waals surface area contributed by atoms with Crippen molar-refractivity contribution in [1.29, 1.82) is 5.26 Å². The molecule has 0 aliphatic heterocycles. The summed E-state index contributed by atoms with van der Waals surface area (Å²) in [7, 11) is -3.32. The SMILES string of the molecule is CC(C)Oc1c(C#N)ccc2cnc(Nc3ccnc(CS(=O)(=O)CCN)c3)nc12. The van der Waals surface area contributed by atoms with E-state index in [-0.39, 0.29) is 30.1 Å². The van der Waals surface area contributed by atoms with E-state index in [1.165, 1.54) is 6.20 Å². The van der Waals surface area contributed by atoms with Crippen LogP contribution in [0.2, 0.25) is 0 Å². The minimum absolute atomic E-state index is 0.0661. The van der Waals surface area contributed by atoms with Crippen LogP contribution in [0.4, 0.5) is 11.6 Å². The highest BCUT2D eigenvalue weighted by atomic mass is 32.2. The predicted octanol–water partition coefficient (Wildman–Crippen LogP) is 2.30. The zero-order valence-corrected chi connectivity index (χ0v) is 17.5. The Labute approximate surface area is 174 Å². The van der Waals surface area contributed by atoms with Crippen molar-refractivity contribution in [3.8, 4) is 11.8 Å². The van der Waals surface area contributed by atoms with Crippen LogP contribution in [-0.4, -0.2) is 41.8 Å². The summed E-state index contributed by atoms with van der Waals surface area (Å²) >= 11 is 0. The van der Waals surface area contributed by atoms with Gasteiger partial charge in [0.05, 0.1) is 28.9 Å². The Morgan fingerprint density at radius 2 is 2.07 bits per heavy atom. The van der Waals surface area contributed by atoms with Gasteiger partial charge in [0.1, 0.15) is 11.6 Å². The number of hydrogen-bond donors (Lipinski definition) is 2. The number of fused-ring (bicyclic) bond motifs is 1. The van der Waals surface area contributed by atoms with Crippen molar-refractivity contribution in [2.24, 2.45) is 5.73 Å². The van der Waals surface area contributed by atoms with Crippen LogP contribution in [0, 0.1) is 11.3 Å². The average Bonchev–Trinajstić information content (AvgIpc) is 2.68. The lowest BCUT2D eigenvalue weighted by molar-refractivity contribution is 0.244. The standard InChI is InChI=1S/C20H22N6O3S/c1-13(2)29-19-14(10-22)3-4-15-11-24-20(26-18(15)19)25-16-5-7-23-17(9-16)12-30(27,28)8-6-21/h3-5,7,9,11,13H,6,8,12,21H2,1-2H3,(H,23,24,25,26). The zero-order valence-electron chi connectivity index (χ0n) is 16.7. The molecule has 3 N–H and O–H groups in total. The topological polar surface area (TPSA) is 144 Å². The number of pyridine rings is 1. The molecular weight excluding hydrogens is 404 g/mol. The van der Waals surface area contributed by atoms with Crippen molar-refractivity contribution in [2.45, 2.75) is 25.7 Å². The van der Waals surface area contributed by atoms with Gasteiger partial charge in [0.15, 0.2) is 15.6 Å². The number of sulfone groups is 1. The summed E-state index contributed by atoms with van der Waals surface area (Å²) in [5.74, 6) is 0.391. The predicted molar refractivity (Wildman–Crippen MR) is 114 cm³/mol. The van der Waals surface area contributed by atoms with Crippen molar-refractivity contribution >= 4 is 32.4 Å². The maximum absolute atomic E-state index is 12.0. The third kappa shape index (κ3) is 5.20. The first-order valence-electron chi connectivity index (χ1n) is 9.30. The molecule has 3 rings (SSSR count). The molecule has 0 atom stereocenters. The second-order valence-electron chi connectivity index (χ2n) is 6.89. The fourth-order valence-electron chi connectivity index (χ4n) is 2.82. The van der Waals surface area contributed by atoms with E-state index in [1.54, 1.807) is 30.5 Å². The van der Waals surface area contributed by atoms with E-state index in [2.05, 4.69) is 26.3 Å². The van der Waals surface area contributed by atoms with Crippen LogP contribution in [0.5, 0.6) is 5.75 Å². The maximum Gasteiger partial charge on any atom is 0.227 e. The number of ether oxygens (including phenoxy) is 1. The number of nitrogens with zero attached hydrogens (tertiary/aromatic N) is 4. The van der Waals surface area contributed by atoms with E-state index in [4.69, 9.17) is 10.5 Å². The van der Waals surface area contributed by atoms with E-state index >= 15 is 0 Å². The van der Waals surface area contributed by atoms with Gasteiger partial charge < -0.3 is 15.8 Å².